The molecule has 0 saturated carbocycles. The van der Waals surface area contributed by atoms with Gasteiger partial charge in [0.1, 0.15) is 6.04 Å². The molecule has 2 aromatic carbocycles. The van der Waals surface area contributed by atoms with Gasteiger partial charge in [0.15, 0.2) is 0 Å². The highest BCUT2D eigenvalue weighted by Crippen LogP contribution is 2.21. The third kappa shape index (κ3) is 8.41. The molecule has 0 aliphatic heterocycles. The molecule has 31 heavy (non-hydrogen) atoms. The van der Waals surface area contributed by atoms with Crippen molar-refractivity contribution in [3.05, 3.63) is 65.2 Å². The van der Waals surface area contributed by atoms with Gasteiger partial charge in [0, 0.05) is 30.2 Å². The van der Waals surface area contributed by atoms with Gasteiger partial charge < -0.3 is 10.2 Å². The molecule has 0 radical (unpaired) electrons. The van der Waals surface area contributed by atoms with Crippen molar-refractivity contribution in [3.63, 3.8) is 0 Å². The van der Waals surface area contributed by atoms with Crippen LogP contribution in [0.3, 0.4) is 0 Å². The number of hydrogen-bond acceptors (Lipinski definition) is 3. The van der Waals surface area contributed by atoms with Gasteiger partial charge in [-0.15, -0.1) is 11.8 Å². The summed E-state index contributed by atoms with van der Waals surface area (Å²) in [6, 6.07) is 16.0. The van der Waals surface area contributed by atoms with Gasteiger partial charge in [-0.1, -0.05) is 68.3 Å². The average molecular weight is 441 g/mol. The quantitative estimate of drug-likeness (QED) is 0.478. The maximum atomic E-state index is 13.3. The summed E-state index contributed by atoms with van der Waals surface area (Å²) >= 11 is 1.68. The van der Waals surface area contributed by atoms with E-state index in [1.807, 2.05) is 32.0 Å². The van der Waals surface area contributed by atoms with Gasteiger partial charge in [-0.25, -0.2) is 0 Å². The van der Waals surface area contributed by atoms with Gasteiger partial charge in [-0.05, 0) is 43.9 Å². The third-order valence-electron chi connectivity index (χ3n) is 5.11. The molecule has 0 aliphatic carbocycles. The second-order valence-corrected chi connectivity index (χ2v) is 9.65. The van der Waals surface area contributed by atoms with Crippen molar-refractivity contribution in [2.45, 2.75) is 64.9 Å². The highest BCUT2D eigenvalue weighted by Gasteiger charge is 2.28. The van der Waals surface area contributed by atoms with Gasteiger partial charge in [0.25, 0.3) is 0 Å². The molecule has 0 aliphatic rings. The van der Waals surface area contributed by atoms with Crippen LogP contribution in [0, 0.1) is 19.8 Å². The number of nitrogens with one attached hydrogen (secondary N) is 1. The van der Waals surface area contributed by atoms with E-state index in [2.05, 4.69) is 56.4 Å². The second kappa shape index (κ2) is 12.6. The maximum absolute atomic E-state index is 13.3. The van der Waals surface area contributed by atoms with Crippen molar-refractivity contribution in [1.82, 2.24) is 10.2 Å². The highest BCUT2D eigenvalue weighted by atomic mass is 32.2. The normalized spacial score (nSPS) is 11.9. The minimum atomic E-state index is -0.462. The molecule has 2 aromatic rings. The number of benzene rings is 2. The molecule has 2 rings (SSSR count). The minimum Gasteiger partial charge on any atom is -0.354 e. The molecule has 168 valence electrons. The molecule has 0 aromatic heterocycles. The molecule has 2 amide bonds. The summed E-state index contributed by atoms with van der Waals surface area (Å²) < 4.78 is 0. The van der Waals surface area contributed by atoms with E-state index in [0.717, 1.165) is 16.0 Å². The molecule has 0 saturated heterocycles. The predicted octanol–water partition coefficient (Wildman–Crippen LogP) is 5.37. The van der Waals surface area contributed by atoms with Crippen LogP contribution in [0.5, 0.6) is 0 Å². The summed E-state index contributed by atoms with van der Waals surface area (Å²) in [5.41, 5.74) is 3.43. The number of carbonyl (C=O) groups excluding carboxylic acids is 2. The Morgan fingerprint density at radius 1 is 1.03 bits per heavy atom. The van der Waals surface area contributed by atoms with Gasteiger partial charge >= 0.3 is 0 Å². The zero-order valence-corrected chi connectivity index (χ0v) is 20.3. The van der Waals surface area contributed by atoms with E-state index in [1.165, 1.54) is 5.56 Å². The van der Waals surface area contributed by atoms with Crippen LogP contribution in [-0.2, 0) is 16.1 Å². The molecule has 0 spiro atoms. The van der Waals surface area contributed by atoms with Crippen LogP contribution in [0.25, 0.3) is 0 Å². The standard InChI is InChI=1S/C26H36N2O2S/c1-6-24(26(30)27-17-19(2)3)28(18-22-9-7-8-21(5)16-22)25(29)14-15-31-23-12-10-20(4)11-13-23/h7-13,16,19,24H,6,14-15,17-18H2,1-5H3,(H,27,30)/t24-/m0/s1. The smallest absolute Gasteiger partial charge is 0.242 e. The first-order valence-corrected chi connectivity index (χ1v) is 12.1. The first kappa shape index (κ1) is 25.0. The fourth-order valence-corrected chi connectivity index (χ4v) is 4.22. The van der Waals surface area contributed by atoms with Crippen LogP contribution in [0.2, 0.25) is 0 Å². The Morgan fingerprint density at radius 2 is 1.74 bits per heavy atom. The monoisotopic (exact) mass is 440 g/mol. The Kier molecular flexibility index (Phi) is 10.1. The average Bonchev–Trinajstić information content (AvgIpc) is 2.73. The highest BCUT2D eigenvalue weighted by molar-refractivity contribution is 7.99. The summed E-state index contributed by atoms with van der Waals surface area (Å²) in [4.78, 5) is 29.1. The molecular weight excluding hydrogens is 404 g/mol. The number of carbonyl (C=O) groups is 2. The zero-order valence-electron chi connectivity index (χ0n) is 19.5. The summed E-state index contributed by atoms with van der Waals surface area (Å²) in [6.45, 7) is 11.3. The zero-order chi connectivity index (χ0) is 22.8. The number of rotatable bonds is 11. The van der Waals surface area contributed by atoms with E-state index in [1.54, 1.807) is 16.7 Å². The van der Waals surface area contributed by atoms with Crippen molar-refractivity contribution in [1.29, 1.82) is 0 Å². The fraction of sp³-hybridized carbons (Fsp3) is 0.462. The number of nitrogens with zero attached hydrogens (tertiary/aromatic N) is 1. The van der Waals surface area contributed by atoms with Crippen molar-refractivity contribution >= 4 is 23.6 Å². The molecule has 0 heterocycles. The Bertz CT molecular complexity index is 849. The molecule has 4 nitrogen and oxygen atoms in total. The van der Waals surface area contributed by atoms with Crippen LogP contribution in [-0.4, -0.2) is 35.1 Å². The van der Waals surface area contributed by atoms with Crippen LogP contribution in [0.1, 0.15) is 50.3 Å². The summed E-state index contributed by atoms with van der Waals surface area (Å²) in [6.07, 6.45) is 0.991. The minimum absolute atomic E-state index is 0.0210. The van der Waals surface area contributed by atoms with Crippen molar-refractivity contribution in [2.75, 3.05) is 12.3 Å². The molecule has 0 fully saturated rings. The Labute approximate surface area is 191 Å². The molecule has 0 unspecified atom stereocenters. The molecule has 0 bridgehead atoms. The summed E-state index contributed by atoms with van der Waals surface area (Å²) in [5, 5.41) is 3.01. The number of thioether (sulfide) groups is 1. The lowest BCUT2D eigenvalue weighted by atomic mass is 10.1. The van der Waals surface area contributed by atoms with Gasteiger partial charge in [0.2, 0.25) is 11.8 Å². The van der Waals surface area contributed by atoms with Crippen molar-refractivity contribution < 1.29 is 9.59 Å². The number of aryl methyl sites for hydroxylation is 2. The van der Waals surface area contributed by atoms with Crippen molar-refractivity contribution in [2.24, 2.45) is 5.92 Å². The maximum Gasteiger partial charge on any atom is 0.242 e. The Morgan fingerprint density at radius 3 is 2.35 bits per heavy atom. The Hall–Kier alpha value is -2.27. The van der Waals surface area contributed by atoms with E-state index in [9.17, 15) is 9.59 Å². The van der Waals surface area contributed by atoms with E-state index in [4.69, 9.17) is 0 Å². The molecule has 5 heteroatoms. The van der Waals surface area contributed by atoms with Gasteiger partial charge in [-0.3, -0.25) is 9.59 Å². The lowest BCUT2D eigenvalue weighted by Gasteiger charge is -2.31. The molecule has 1 atom stereocenters. The number of hydrogen-bond donors (Lipinski definition) is 1. The van der Waals surface area contributed by atoms with E-state index < -0.39 is 6.04 Å². The SMILES string of the molecule is CC[C@@H](C(=O)NCC(C)C)N(Cc1cccc(C)c1)C(=O)CCSc1ccc(C)cc1. The number of amides is 2. The van der Waals surface area contributed by atoms with Crippen LogP contribution in [0.4, 0.5) is 0 Å². The van der Waals surface area contributed by atoms with Crippen molar-refractivity contribution in [3.8, 4) is 0 Å². The third-order valence-corrected chi connectivity index (χ3v) is 6.13. The first-order valence-electron chi connectivity index (χ1n) is 11.1. The topological polar surface area (TPSA) is 49.4 Å². The van der Waals surface area contributed by atoms with E-state index in [0.29, 0.717) is 37.6 Å². The largest absolute Gasteiger partial charge is 0.354 e. The van der Waals surface area contributed by atoms with E-state index in [-0.39, 0.29) is 11.8 Å². The van der Waals surface area contributed by atoms with Gasteiger partial charge in [0.05, 0.1) is 0 Å². The van der Waals surface area contributed by atoms with Crippen LogP contribution in [0.15, 0.2) is 53.4 Å². The second-order valence-electron chi connectivity index (χ2n) is 8.49. The first-order chi connectivity index (χ1) is 14.8. The lowest BCUT2D eigenvalue weighted by Crippen LogP contribution is -2.49. The summed E-state index contributed by atoms with van der Waals surface area (Å²) in [7, 11) is 0. The Balaban J connectivity index is 2.11. The molecule has 1 N–H and O–H groups in total. The molecular formula is C26H36N2O2S. The van der Waals surface area contributed by atoms with Crippen LogP contribution < -0.4 is 5.32 Å². The van der Waals surface area contributed by atoms with Gasteiger partial charge in [-0.2, -0.15) is 0 Å². The fourth-order valence-electron chi connectivity index (χ4n) is 3.38. The van der Waals surface area contributed by atoms with E-state index >= 15 is 0 Å². The van der Waals surface area contributed by atoms with Crippen LogP contribution >= 0.6 is 11.8 Å². The predicted molar refractivity (Wildman–Crippen MR) is 130 cm³/mol. The summed E-state index contributed by atoms with van der Waals surface area (Å²) in [5.74, 6) is 1.01. The lowest BCUT2D eigenvalue weighted by molar-refractivity contribution is -0.141.